The molecule has 166 valence electrons. The lowest BCUT2D eigenvalue weighted by Gasteiger charge is -2.13. The van der Waals surface area contributed by atoms with Gasteiger partial charge in [-0.1, -0.05) is 29.8 Å². The molecular formula is C24H25N3O5. The van der Waals surface area contributed by atoms with E-state index in [0.29, 0.717) is 11.4 Å². The Bertz CT molecular complexity index is 1200. The van der Waals surface area contributed by atoms with Gasteiger partial charge in [-0.05, 0) is 57.0 Å². The largest absolute Gasteiger partial charge is 0.481 e. The maximum Gasteiger partial charge on any atom is 0.362 e. The van der Waals surface area contributed by atoms with E-state index in [1.165, 1.54) is 0 Å². The Hall–Kier alpha value is -3.94. The monoisotopic (exact) mass is 435 g/mol. The van der Waals surface area contributed by atoms with Gasteiger partial charge in [0.1, 0.15) is 0 Å². The Labute approximate surface area is 185 Å². The van der Waals surface area contributed by atoms with Crippen LogP contribution in [-0.4, -0.2) is 34.9 Å². The molecule has 0 bridgehead atoms. The summed E-state index contributed by atoms with van der Waals surface area (Å²) in [7, 11) is 0. The molecule has 2 aromatic carbocycles. The number of anilines is 1. The van der Waals surface area contributed by atoms with Crippen molar-refractivity contribution in [3.63, 3.8) is 0 Å². The van der Waals surface area contributed by atoms with E-state index < -0.39 is 24.0 Å². The van der Waals surface area contributed by atoms with Crippen LogP contribution in [0.2, 0.25) is 0 Å². The predicted octanol–water partition coefficient (Wildman–Crippen LogP) is 3.35. The molecule has 0 aliphatic rings. The summed E-state index contributed by atoms with van der Waals surface area (Å²) < 4.78 is 11.7. The molecule has 0 unspecified atom stereocenters. The first kappa shape index (κ1) is 22.7. The van der Waals surface area contributed by atoms with Crippen LogP contribution in [0.5, 0.6) is 5.75 Å². The first-order chi connectivity index (χ1) is 15.3. The van der Waals surface area contributed by atoms with Crippen molar-refractivity contribution in [3.8, 4) is 11.4 Å². The van der Waals surface area contributed by atoms with E-state index >= 15 is 0 Å². The van der Waals surface area contributed by atoms with Gasteiger partial charge in [0.15, 0.2) is 12.4 Å². The molecule has 0 saturated carbocycles. The minimum absolute atomic E-state index is 0.118. The van der Waals surface area contributed by atoms with E-state index in [9.17, 15) is 14.4 Å². The third-order valence-corrected chi connectivity index (χ3v) is 4.67. The molecule has 0 saturated heterocycles. The summed E-state index contributed by atoms with van der Waals surface area (Å²) in [5.41, 5.74) is 3.38. The fourth-order valence-electron chi connectivity index (χ4n) is 2.96. The number of esters is 1. The van der Waals surface area contributed by atoms with Crippen molar-refractivity contribution >= 4 is 17.6 Å². The average molecular weight is 435 g/mol. The van der Waals surface area contributed by atoms with Crippen molar-refractivity contribution in [2.75, 3.05) is 18.5 Å². The van der Waals surface area contributed by atoms with Crippen LogP contribution in [0.15, 0.2) is 53.3 Å². The van der Waals surface area contributed by atoms with Gasteiger partial charge in [0, 0.05) is 5.69 Å². The highest BCUT2D eigenvalue weighted by atomic mass is 16.5. The van der Waals surface area contributed by atoms with Crippen LogP contribution >= 0.6 is 0 Å². The number of nitrogens with zero attached hydrogens (tertiary/aromatic N) is 2. The minimum Gasteiger partial charge on any atom is -0.481 e. The molecule has 8 nitrogen and oxygen atoms in total. The molecule has 0 aliphatic heterocycles. The smallest absolute Gasteiger partial charge is 0.362 e. The predicted molar refractivity (Wildman–Crippen MR) is 121 cm³/mol. The molecule has 1 N–H and O–H groups in total. The van der Waals surface area contributed by atoms with Gasteiger partial charge in [0.25, 0.3) is 11.5 Å². The number of nitrogens with one attached hydrogen (secondary N) is 1. The Morgan fingerprint density at radius 1 is 1.00 bits per heavy atom. The average Bonchev–Trinajstić information content (AvgIpc) is 2.76. The number of aryl methyl sites for hydroxylation is 3. The summed E-state index contributed by atoms with van der Waals surface area (Å²) in [6, 6.07) is 13.9. The van der Waals surface area contributed by atoms with Gasteiger partial charge in [-0.2, -0.15) is 9.78 Å². The van der Waals surface area contributed by atoms with Gasteiger partial charge < -0.3 is 14.8 Å². The summed E-state index contributed by atoms with van der Waals surface area (Å²) in [6.45, 7) is 7.10. The second kappa shape index (κ2) is 9.91. The summed E-state index contributed by atoms with van der Waals surface area (Å²) in [6.07, 6.45) is 0. The van der Waals surface area contributed by atoms with E-state index in [1.54, 1.807) is 19.1 Å². The van der Waals surface area contributed by atoms with Crippen LogP contribution < -0.4 is 15.6 Å². The van der Waals surface area contributed by atoms with Gasteiger partial charge >= 0.3 is 5.97 Å². The van der Waals surface area contributed by atoms with Crippen LogP contribution in [0.4, 0.5) is 5.69 Å². The molecule has 3 rings (SSSR count). The molecule has 0 atom stereocenters. The lowest BCUT2D eigenvalue weighted by Crippen LogP contribution is -2.27. The molecule has 32 heavy (non-hydrogen) atoms. The minimum atomic E-state index is -0.752. The van der Waals surface area contributed by atoms with Crippen LogP contribution in [0.1, 0.15) is 34.1 Å². The van der Waals surface area contributed by atoms with Crippen molar-refractivity contribution in [2.24, 2.45) is 0 Å². The number of carbonyl (C=O) groups excluding carboxylic acids is 2. The van der Waals surface area contributed by atoms with Gasteiger partial charge in [0.2, 0.25) is 5.69 Å². The summed E-state index contributed by atoms with van der Waals surface area (Å²) in [5, 5.41) is 6.92. The molecule has 3 aromatic rings. The maximum absolute atomic E-state index is 12.6. The van der Waals surface area contributed by atoms with Gasteiger partial charge in [-0.3, -0.25) is 9.59 Å². The standard InChI is InChI=1S/C24H25N3O5/c1-5-31-24(30)23-20(13-22(29)27(26-23)18-10-7-15(2)8-11-18)32-14-21(28)25-19-12-16(3)6-9-17(19)4/h6-13H,5,14H2,1-4H3,(H,25,28). The number of benzene rings is 2. The number of aromatic nitrogens is 2. The second-order valence-corrected chi connectivity index (χ2v) is 7.32. The lowest BCUT2D eigenvalue weighted by atomic mass is 10.1. The van der Waals surface area contributed by atoms with Crippen molar-refractivity contribution in [1.29, 1.82) is 0 Å². The van der Waals surface area contributed by atoms with E-state index in [0.717, 1.165) is 27.4 Å². The normalized spacial score (nSPS) is 10.5. The Kier molecular flexibility index (Phi) is 7.04. The zero-order chi connectivity index (χ0) is 23.3. The number of hydrogen-bond donors (Lipinski definition) is 1. The van der Waals surface area contributed by atoms with Crippen LogP contribution in [0.25, 0.3) is 5.69 Å². The van der Waals surface area contributed by atoms with Crippen LogP contribution in [0.3, 0.4) is 0 Å². The fraction of sp³-hybridized carbons (Fsp3) is 0.250. The van der Waals surface area contributed by atoms with E-state index in [2.05, 4.69) is 10.4 Å². The quantitative estimate of drug-likeness (QED) is 0.572. The summed E-state index contributed by atoms with van der Waals surface area (Å²) in [5.74, 6) is -1.30. The molecule has 1 aromatic heterocycles. The van der Waals surface area contributed by atoms with Crippen molar-refractivity contribution in [1.82, 2.24) is 9.78 Å². The van der Waals surface area contributed by atoms with E-state index in [1.807, 2.05) is 51.1 Å². The van der Waals surface area contributed by atoms with Crippen molar-refractivity contribution in [3.05, 3.63) is 81.3 Å². The van der Waals surface area contributed by atoms with E-state index in [-0.39, 0.29) is 18.1 Å². The highest BCUT2D eigenvalue weighted by Gasteiger charge is 2.20. The van der Waals surface area contributed by atoms with Crippen LogP contribution in [0, 0.1) is 20.8 Å². The summed E-state index contributed by atoms with van der Waals surface area (Å²) >= 11 is 0. The highest BCUT2D eigenvalue weighted by Crippen LogP contribution is 2.18. The number of rotatable bonds is 7. The Morgan fingerprint density at radius 3 is 2.38 bits per heavy atom. The zero-order valence-electron chi connectivity index (χ0n) is 18.5. The third kappa shape index (κ3) is 5.40. The van der Waals surface area contributed by atoms with Gasteiger partial charge in [-0.15, -0.1) is 0 Å². The lowest BCUT2D eigenvalue weighted by molar-refractivity contribution is -0.118. The van der Waals surface area contributed by atoms with Crippen molar-refractivity contribution in [2.45, 2.75) is 27.7 Å². The Balaban J connectivity index is 1.86. The molecule has 1 amide bonds. The molecule has 0 fully saturated rings. The fourth-order valence-corrected chi connectivity index (χ4v) is 2.96. The number of carbonyl (C=O) groups is 2. The maximum atomic E-state index is 12.6. The topological polar surface area (TPSA) is 99.5 Å². The molecule has 0 radical (unpaired) electrons. The van der Waals surface area contributed by atoms with Crippen molar-refractivity contribution < 1.29 is 19.1 Å². The SMILES string of the molecule is CCOC(=O)c1nn(-c2ccc(C)cc2)c(=O)cc1OCC(=O)Nc1cc(C)ccc1C. The first-order valence-corrected chi connectivity index (χ1v) is 10.2. The third-order valence-electron chi connectivity index (χ3n) is 4.67. The van der Waals surface area contributed by atoms with Crippen LogP contribution in [-0.2, 0) is 9.53 Å². The number of amides is 1. The highest BCUT2D eigenvalue weighted by molar-refractivity contribution is 5.93. The molecule has 1 heterocycles. The van der Waals surface area contributed by atoms with Gasteiger partial charge in [-0.25, -0.2) is 4.79 Å². The second-order valence-electron chi connectivity index (χ2n) is 7.32. The zero-order valence-corrected chi connectivity index (χ0v) is 18.5. The molecule has 0 spiro atoms. The Morgan fingerprint density at radius 2 is 1.69 bits per heavy atom. The van der Waals surface area contributed by atoms with Gasteiger partial charge in [0.05, 0.1) is 18.4 Å². The molecular weight excluding hydrogens is 410 g/mol. The number of ether oxygens (including phenoxy) is 2. The first-order valence-electron chi connectivity index (χ1n) is 10.2. The number of hydrogen-bond acceptors (Lipinski definition) is 6. The molecule has 8 heteroatoms. The van der Waals surface area contributed by atoms with E-state index in [4.69, 9.17) is 9.47 Å². The summed E-state index contributed by atoms with van der Waals surface area (Å²) in [4.78, 5) is 37.5. The molecule has 0 aliphatic carbocycles.